The number of carbonyl (C=O) groups excluding carboxylic acids is 1. The molecule has 1 amide bonds. The molecule has 4 rings (SSSR count). The van der Waals surface area contributed by atoms with Crippen LogP contribution in [0.5, 0.6) is 5.75 Å². The van der Waals surface area contributed by atoms with Gasteiger partial charge in [0, 0.05) is 30.4 Å². The average molecular weight is 422 g/mol. The third-order valence-corrected chi connectivity index (χ3v) is 6.22. The molecular weight excluding hydrogens is 394 g/mol. The third kappa shape index (κ3) is 4.70. The van der Waals surface area contributed by atoms with Crippen LogP contribution in [0.3, 0.4) is 0 Å². The Bertz CT molecular complexity index is 1000. The van der Waals surface area contributed by atoms with Crippen LogP contribution in [0, 0.1) is 13.8 Å². The van der Waals surface area contributed by atoms with Gasteiger partial charge in [-0.25, -0.2) is 4.99 Å². The second-order valence-corrected chi connectivity index (χ2v) is 8.83. The zero-order valence-electron chi connectivity index (χ0n) is 17.7. The van der Waals surface area contributed by atoms with Gasteiger partial charge in [-0.1, -0.05) is 6.07 Å². The molecule has 0 aromatic heterocycles. The van der Waals surface area contributed by atoms with Crippen LogP contribution < -0.4 is 15.0 Å². The molecule has 0 aliphatic carbocycles. The summed E-state index contributed by atoms with van der Waals surface area (Å²) in [5.74, 6) is 0.643. The van der Waals surface area contributed by atoms with Crippen LogP contribution in [-0.4, -0.2) is 31.3 Å². The van der Waals surface area contributed by atoms with Gasteiger partial charge in [-0.05, 0) is 86.3 Å². The SMILES string of the molecule is COc1cc(N2CCCCC2)ccc1/C=C1\SC(=Nc2cc(C)cc(C)c2)NC1=O. The predicted molar refractivity (Wildman–Crippen MR) is 126 cm³/mol. The molecule has 30 heavy (non-hydrogen) atoms. The normalized spacial score (nSPS) is 19.4. The Morgan fingerprint density at radius 3 is 2.50 bits per heavy atom. The molecule has 2 aromatic rings. The first-order valence-corrected chi connectivity index (χ1v) is 11.1. The van der Waals surface area contributed by atoms with Crippen LogP contribution in [0.25, 0.3) is 6.08 Å². The lowest BCUT2D eigenvalue weighted by Crippen LogP contribution is -2.29. The van der Waals surface area contributed by atoms with Crippen molar-refractivity contribution in [3.8, 4) is 5.75 Å². The van der Waals surface area contributed by atoms with E-state index in [1.54, 1.807) is 7.11 Å². The molecule has 0 radical (unpaired) electrons. The van der Waals surface area contributed by atoms with Crippen molar-refractivity contribution in [2.24, 2.45) is 4.99 Å². The van der Waals surface area contributed by atoms with Gasteiger partial charge >= 0.3 is 0 Å². The van der Waals surface area contributed by atoms with Gasteiger partial charge in [0.1, 0.15) is 5.75 Å². The lowest BCUT2D eigenvalue weighted by Gasteiger charge is -2.29. The van der Waals surface area contributed by atoms with E-state index in [0.29, 0.717) is 10.1 Å². The van der Waals surface area contributed by atoms with E-state index >= 15 is 0 Å². The Morgan fingerprint density at radius 1 is 1.07 bits per heavy atom. The van der Waals surface area contributed by atoms with Crippen LogP contribution in [0.2, 0.25) is 0 Å². The van der Waals surface area contributed by atoms with Gasteiger partial charge in [-0.2, -0.15) is 0 Å². The minimum absolute atomic E-state index is 0.134. The smallest absolute Gasteiger partial charge is 0.264 e. The van der Waals surface area contributed by atoms with Gasteiger partial charge in [0.2, 0.25) is 0 Å². The van der Waals surface area contributed by atoms with E-state index in [0.717, 1.165) is 41.2 Å². The van der Waals surface area contributed by atoms with Crippen LogP contribution in [0.1, 0.15) is 36.0 Å². The number of hydrogen-bond donors (Lipinski definition) is 1. The average Bonchev–Trinajstić information content (AvgIpc) is 3.06. The van der Waals surface area contributed by atoms with E-state index in [9.17, 15) is 4.79 Å². The minimum atomic E-state index is -0.134. The fourth-order valence-corrected chi connectivity index (χ4v) is 4.75. The zero-order chi connectivity index (χ0) is 21.1. The molecular formula is C24H27N3O2S. The van der Waals surface area contributed by atoms with Crippen molar-refractivity contribution in [3.63, 3.8) is 0 Å². The van der Waals surface area contributed by atoms with Crippen molar-refractivity contribution in [2.45, 2.75) is 33.1 Å². The summed E-state index contributed by atoms with van der Waals surface area (Å²) in [5.41, 5.74) is 5.22. The monoisotopic (exact) mass is 421 g/mol. The second kappa shape index (κ2) is 8.96. The van der Waals surface area contributed by atoms with E-state index in [1.165, 1.54) is 36.7 Å². The molecule has 2 aliphatic rings. The maximum Gasteiger partial charge on any atom is 0.264 e. The molecule has 156 valence electrons. The molecule has 6 heteroatoms. The van der Waals surface area contributed by atoms with Gasteiger partial charge in [-0.3, -0.25) is 4.79 Å². The first-order chi connectivity index (χ1) is 14.5. The topological polar surface area (TPSA) is 53.9 Å². The maximum atomic E-state index is 12.5. The predicted octanol–water partition coefficient (Wildman–Crippen LogP) is 5.19. The van der Waals surface area contributed by atoms with E-state index in [4.69, 9.17) is 4.74 Å². The molecule has 0 unspecified atom stereocenters. The van der Waals surface area contributed by atoms with Crippen molar-refractivity contribution in [1.82, 2.24) is 5.32 Å². The number of benzene rings is 2. The highest BCUT2D eigenvalue weighted by molar-refractivity contribution is 8.18. The number of aliphatic imine (C=N–C) groups is 1. The highest BCUT2D eigenvalue weighted by atomic mass is 32.2. The van der Waals surface area contributed by atoms with Gasteiger partial charge in [-0.15, -0.1) is 0 Å². The summed E-state index contributed by atoms with van der Waals surface area (Å²) < 4.78 is 5.63. The van der Waals surface area contributed by atoms with Crippen LogP contribution in [-0.2, 0) is 4.79 Å². The fraction of sp³-hybridized carbons (Fsp3) is 0.333. The first kappa shape index (κ1) is 20.5. The number of anilines is 1. The number of hydrogen-bond acceptors (Lipinski definition) is 5. The van der Waals surface area contributed by atoms with Crippen molar-refractivity contribution in [2.75, 3.05) is 25.1 Å². The Labute approximate surface area is 182 Å². The molecule has 5 nitrogen and oxygen atoms in total. The number of thioether (sulfide) groups is 1. The lowest BCUT2D eigenvalue weighted by molar-refractivity contribution is -0.115. The van der Waals surface area contributed by atoms with Gasteiger partial charge in [0.15, 0.2) is 5.17 Å². The summed E-state index contributed by atoms with van der Waals surface area (Å²) in [6.07, 6.45) is 5.64. The van der Waals surface area contributed by atoms with Crippen molar-refractivity contribution < 1.29 is 9.53 Å². The first-order valence-electron chi connectivity index (χ1n) is 10.3. The second-order valence-electron chi connectivity index (χ2n) is 7.80. The van der Waals surface area contributed by atoms with Gasteiger partial charge < -0.3 is 15.0 Å². The van der Waals surface area contributed by atoms with Crippen molar-refractivity contribution >= 4 is 40.3 Å². The van der Waals surface area contributed by atoms with E-state index in [2.05, 4.69) is 33.4 Å². The number of piperidine rings is 1. The summed E-state index contributed by atoms with van der Waals surface area (Å²) >= 11 is 1.36. The van der Waals surface area contributed by atoms with Gasteiger partial charge in [0.25, 0.3) is 5.91 Å². The maximum absolute atomic E-state index is 12.5. The molecule has 2 aromatic carbocycles. The van der Waals surface area contributed by atoms with E-state index < -0.39 is 0 Å². The molecule has 0 bridgehead atoms. The number of amides is 1. The largest absolute Gasteiger partial charge is 0.496 e. The standard InChI is InChI=1S/C24H27N3O2S/c1-16-11-17(2)13-19(12-16)25-24-26-23(28)22(30-24)14-18-7-8-20(15-21(18)29-3)27-9-5-4-6-10-27/h7-8,11-15H,4-6,9-10H2,1-3H3,(H,25,26,28)/b22-14-. The number of ether oxygens (including phenoxy) is 1. The number of amidine groups is 1. The number of aryl methyl sites for hydroxylation is 2. The molecule has 2 fully saturated rings. The molecule has 2 heterocycles. The molecule has 0 atom stereocenters. The van der Waals surface area contributed by atoms with E-state index in [-0.39, 0.29) is 5.91 Å². The molecule has 2 saturated heterocycles. The Kier molecular flexibility index (Phi) is 6.13. The Balaban J connectivity index is 1.56. The highest BCUT2D eigenvalue weighted by Crippen LogP contribution is 2.33. The van der Waals surface area contributed by atoms with E-state index in [1.807, 2.05) is 38.1 Å². The Hall–Kier alpha value is -2.73. The van der Waals surface area contributed by atoms with Crippen LogP contribution in [0.15, 0.2) is 46.3 Å². The quantitative estimate of drug-likeness (QED) is 0.690. The zero-order valence-corrected chi connectivity index (χ0v) is 18.5. The molecule has 0 saturated carbocycles. The summed E-state index contributed by atoms with van der Waals surface area (Å²) in [6, 6.07) is 12.3. The summed E-state index contributed by atoms with van der Waals surface area (Å²) in [5, 5.41) is 3.47. The summed E-state index contributed by atoms with van der Waals surface area (Å²) in [6.45, 7) is 6.25. The molecule has 0 spiro atoms. The van der Waals surface area contributed by atoms with Crippen molar-refractivity contribution in [1.29, 1.82) is 0 Å². The van der Waals surface area contributed by atoms with Crippen LogP contribution in [0.4, 0.5) is 11.4 Å². The van der Waals surface area contributed by atoms with Crippen LogP contribution >= 0.6 is 11.8 Å². The van der Waals surface area contributed by atoms with Gasteiger partial charge in [0.05, 0.1) is 17.7 Å². The minimum Gasteiger partial charge on any atom is -0.496 e. The number of rotatable bonds is 4. The molecule has 1 N–H and O–H groups in total. The number of methoxy groups -OCH3 is 1. The highest BCUT2D eigenvalue weighted by Gasteiger charge is 2.24. The number of nitrogens with one attached hydrogen (secondary N) is 1. The van der Waals surface area contributed by atoms with Crippen molar-refractivity contribution in [3.05, 3.63) is 58.0 Å². The summed E-state index contributed by atoms with van der Waals surface area (Å²) in [7, 11) is 1.67. The Morgan fingerprint density at radius 2 is 1.80 bits per heavy atom. The lowest BCUT2D eigenvalue weighted by atomic mass is 10.1. The third-order valence-electron chi connectivity index (χ3n) is 5.31. The fourth-order valence-electron chi connectivity index (χ4n) is 3.92. The summed E-state index contributed by atoms with van der Waals surface area (Å²) in [4.78, 5) is 20.1. The number of carbonyl (C=O) groups is 1. The molecule has 2 aliphatic heterocycles. The number of nitrogens with zero attached hydrogens (tertiary/aromatic N) is 2.